The fourth-order valence-electron chi connectivity index (χ4n) is 4.05. The molecule has 0 aromatic heterocycles. The van der Waals surface area contributed by atoms with Crippen LogP contribution in [0, 0.1) is 23.2 Å². The highest BCUT2D eigenvalue weighted by Gasteiger charge is 2.53. The van der Waals surface area contributed by atoms with Crippen LogP contribution in [0.5, 0.6) is 0 Å². The van der Waals surface area contributed by atoms with Crippen LogP contribution in [0.2, 0.25) is 0 Å². The van der Waals surface area contributed by atoms with Crippen molar-refractivity contribution < 1.29 is 0 Å². The number of rotatable bonds is 4. The summed E-state index contributed by atoms with van der Waals surface area (Å²) in [5.41, 5.74) is 0.797. The van der Waals surface area contributed by atoms with E-state index in [0.717, 1.165) is 29.2 Å². The van der Waals surface area contributed by atoms with E-state index < -0.39 is 0 Å². The third kappa shape index (κ3) is 2.70. The van der Waals surface area contributed by atoms with Crippen LogP contribution in [0.4, 0.5) is 0 Å². The lowest BCUT2D eigenvalue weighted by molar-refractivity contribution is 0.325. The summed E-state index contributed by atoms with van der Waals surface area (Å²) in [5.74, 6) is 2.97. The van der Waals surface area contributed by atoms with Gasteiger partial charge in [0.05, 0.1) is 0 Å². The summed E-state index contributed by atoms with van der Waals surface area (Å²) in [6.45, 7) is 6.17. The molecular formula is C16H29N. The fourth-order valence-corrected chi connectivity index (χ4v) is 4.05. The van der Waals surface area contributed by atoms with Gasteiger partial charge < -0.3 is 5.32 Å². The largest absolute Gasteiger partial charge is 0.314 e. The SMILES string of the molecule is CC(C)C1CCCC2(CC1)CC2CNC1CC1. The van der Waals surface area contributed by atoms with Gasteiger partial charge in [-0.1, -0.05) is 26.7 Å². The van der Waals surface area contributed by atoms with Crippen LogP contribution in [0.3, 0.4) is 0 Å². The van der Waals surface area contributed by atoms with Crippen LogP contribution < -0.4 is 5.32 Å². The van der Waals surface area contributed by atoms with Crippen molar-refractivity contribution in [2.45, 2.75) is 71.3 Å². The van der Waals surface area contributed by atoms with Gasteiger partial charge in [0.15, 0.2) is 0 Å². The van der Waals surface area contributed by atoms with Crippen molar-refractivity contribution in [1.29, 1.82) is 0 Å². The summed E-state index contributed by atoms with van der Waals surface area (Å²) < 4.78 is 0. The van der Waals surface area contributed by atoms with Crippen molar-refractivity contribution in [1.82, 2.24) is 5.32 Å². The summed E-state index contributed by atoms with van der Waals surface area (Å²) >= 11 is 0. The third-order valence-electron chi connectivity index (χ3n) is 5.79. The second kappa shape index (κ2) is 4.57. The molecule has 0 saturated heterocycles. The molecule has 3 unspecified atom stereocenters. The summed E-state index contributed by atoms with van der Waals surface area (Å²) in [5, 5.41) is 3.74. The van der Waals surface area contributed by atoms with Crippen molar-refractivity contribution in [2.24, 2.45) is 23.2 Å². The number of nitrogens with one attached hydrogen (secondary N) is 1. The van der Waals surface area contributed by atoms with Crippen LogP contribution in [0.15, 0.2) is 0 Å². The zero-order chi connectivity index (χ0) is 11.9. The van der Waals surface area contributed by atoms with Crippen LogP contribution in [0.1, 0.15) is 65.2 Å². The smallest absolute Gasteiger partial charge is 0.00683 e. The van der Waals surface area contributed by atoms with Crippen molar-refractivity contribution >= 4 is 0 Å². The molecule has 3 fully saturated rings. The van der Waals surface area contributed by atoms with Gasteiger partial charge in [-0.2, -0.15) is 0 Å². The molecule has 98 valence electrons. The van der Waals surface area contributed by atoms with Gasteiger partial charge in [-0.15, -0.1) is 0 Å². The minimum absolute atomic E-state index is 0.797. The average molecular weight is 235 g/mol. The highest BCUT2D eigenvalue weighted by Crippen LogP contribution is 2.61. The normalized spacial score (nSPS) is 41.8. The highest BCUT2D eigenvalue weighted by atomic mass is 15.0. The van der Waals surface area contributed by atoms with Crippen molar-refractivity contribution in [3.05, 3.63) is 0 Å². The monoisotopic (exact) mass is 235 g/mol. The van der Waals surface area contributed by atoms with Crippen LogP contribution in [-0.2, 0) is 0 Å². The van der Waals surface area contributed by atoms with Gasteiger partial charge in [0.2, 0.25) is 0 Å². The molecule has 0 radical (unpaired) electrons. The number of hydrogen-bond donors (Lipinski definition) is 1. The molecule has 3 saturated carbocycles. The van der Waals surface area contributed by atoms with E-state index in [0.29, 0.717) is 0 Å². The molecule has 0 aromatic rings. The predicted molar refractivity (Wildman–Crippen MR) is 73.0 cm³/mol. The fraction of sp³-hybridized carbons (Fsp3) is 1.00. The number of hydrogen-bond acceptors (Lipinski definition) is 1. The Labute approximate surface area is 107 Å². The van der Waals surface area contributed by atoms with Gasteiger partial charge in [0, 0.05) is 6.04 Å². The van der Waals surface area contributed by atoms with E-state index in [4.69, 9.17) is 0 Å². The molecule has 1 heteroatoms. The van der Waals surface area contributed by atoms with Gasteiger partial charge >= 0.3 is 0 Å². The Morgan fingerprint density at radius 1 is 1.12 bits per heavy atom. The molecule has 0 heterocycles. The van der Waals surface area contributed by atoms with Crippen molar-refractivity contribution in [2.75, 3.05) is 6.54 Å². The highest BCUT2D eigenvalue weighted by molar-refractivity contribution is 5.04. The summed E-state index contributed by atoms with van der Waals surface area (Å²) in [4.78, 5) is 0. The Hall–Kier alpha value is -0.0400. The van der Waals surface area contributed by atoms with Gasteiger partial charge in [-0.25, -0.2) is 0 Å². The van der Waals surface area contributed by atoms with Crippen LogP contribution >= 0.6 is 0 Å². The van der Waals surface area contributed by atoms with Gasteiger partial charge in [0.1, 0.15) is 0 Å². The minimum Gasteiger partial charge on any atom is -0.314 e. The molecule has 1 nitrogen and oxygen atoms in total. The maximum atomic E-state index is 3.74. The Bertz CT molecular complexity index is 269. The first-order valence-electron chi connectivity index (χ1n) is 7.93. The van der Waals surface area contributed by atoms with Crippen LogP contribution in [-0.4, -0.2) is 12.6 Å². The molecule has 3 aliphatic rings. The lowest BCUT2D eigenvalue weighted by atomic mass is 9.87. The maximum absolute atomic E-state index is 3.74. The third-order valence-corrected chi connectivity index (χ3v) is 5.79. The van der Waals surface area contributed by atoms with E-state index in [1.54, 1.807) is 0 Å². The van der Waals surface area contributed by atoms with E-state index in [9.17, 15) is 0 Å². The molecule has 0 bridgehead atoms. The van der Waals surface area contributed by atoms with E-state index in [1.807, 2.05) is 0 Å². The zero-order valence-corrected chi connectivity index (χ0v) is 11.7. The first-order valence-corrected chi connectivity index (χ1v) is 7.93. The van der Waals surface area contributed by atoms with Crippen molar-refractivity contribution in [3.63, 3.8) is 0 Å². The summed E-state index contributed by atoms with van der Waals surface area (Å²) in [7, 11) is 0. The molecule has 3 atom stereocenters. The van der Waals surface area contributed by atoms with E-state index in [2.05, 4.69) is 19.2 Å². The second-order valence-corrected chi connectivity index (χ2v) is 7.38. The lowest BCUT2D eigenvalue weighted by Crippen LogP contribution is -2.21. The van der Waals surface area contributed by atoms with Crippen LogP contribution in [0.25, 0.3) is 0 Å². The molecule has 1 spiro atoms. The Morgan fingerprint density at radius 3 is 2.65 bits per heavy atom. The Morgan fingerprint density at radius 2 is 1.94 bits per heavy atom. The maximum Gasteiger partial charge on any atom is 0.00683 e. The first kappa shape index (κ1) is 12.0. The summed E-state index contributed by atoms with van der Waals surface area (Å²) in [6.07, 6.45) is 12.0. The van der Waals surface area contributed by atoms with Gasteiger partial charge in [0.25, 0.3) is 0 Å². The average Bonchev–Trinajstić information content (AvgIpc) is 3.16. The Kier molecular flexibility index (Phi) is 3.23. The minimum atomic E-state index is 0.797. The van der Waals surface area contributed by atoms with Gasteiger partial charge in [-0.05, 0) is 68.2 Å². The van der Waals surface area contributed by atoms with E-state index in [1.165, 1.54) is 57.9 Å². The van der Waals surface area contributed by atoms with E-state index >= 15 is 0 Å². The van der Waals surface area contributed by atoms with Gasteiger partial charge in [-0.3, -0.25) is 0 Å². The molecule has 0 aliphatic heterocycles. The van der Waals surface area contributed by atoms with Crippen molar-refractivity contribution in [3.8, 4) is 0 Å². The molecule has 3 aliphatic carbocycles. The molecular weight excluding hydrogens is 206 g/mol. The topological polar surface area (TPSA) is 12.0 Å². The predicted octanol–water partition coefficient (Wildman–Crippen LogP) is 3.98. The molecule has 3 rings (SSSR count). The quantitative estimate of drug-likeness (QED) is 0.777. The standard InChI is InChI=1S/C16H29N/c1-12(2)13-4-3-8-16(9-7-13)10-14(16)11-17-15-5-6-15/h12-15,17H,3-11H2,1-2H3. The lowest BCUT2D eigenvalue weighted by Gasteiger charge is -2.18. The molecule has 17 heavy (non-hydrogen) atoms. The summed E-state index contributed by atoms with van der Waals surface area (Å²) in [6, 6.07) is 0.904. The molecule has 1 N–H and O–H groups in total. The Balaban J connectivity index is 1.48. The van der Waals surface area contributed by atoms with E-state index in [-0.39, 0.29) is 0 Å². The first-order chi connectivity index (χ1) is 8.20. The molecule has 0 amide bonds. The zero-order valence-electron chi connectivity index (χ0n) is 11.7. The molecule has 0 aromatic carbocycles. The second-order valence-electron chi connectivity index (χ2n) is 7.38.